The average Bonchev–Trinajstić information content (AvgIpc) is 2.37. The molecule has 0 radical (unpaired) electrons. The molecule has 6 nitrogen and oxygen atoms in total. The molecule has 1 aromatic carbocycles. The summed E-state index contributed by atoms with van der Waals surface area (Å²) in [6.07, 6.45) is 0.796. The smallest absolute Gasteiger partial charge is 0.337 e. The van der Waals surface area contributed by atoms with Crippen LogP contribution in [0.4, 0.5) is 11.4 Å². The number of anilines is 2. The third kappa shape index (κ3) is 3.87. The molecule has 0 saturated heterocycles. The molecular formula is C13H19N3O3. The second-order valence-corrected chi connectivity index (χ2v) is 4.18. The summed E-state index contributed by atoms with van der Waals surface area (Å²) in [5.41, 5.74) is 6.79. The van der Waals surface area contributed by atoms with Crippen molar-refractivity contribution in [2.45, 2.75) is 13.3 Å². The van der Waals surface area contributed by atoms with Gasteiger partial charge in [0.15, 0.2) is 0 Å². The summed E-state index contributed by atoms with van der Waals surface area (Å²) in [5, 5.41) is 11.7. The van der Waals surface area contributed by atoms with E-state index in [0.29, 0.717) is 17.9 Å². The monoisotopic (exact) mass is 265 g/mol. The van der Waals surface area contributed by atoms with E-state index >= 15 is 0 Å². The van der Waals surface area contributed by atoms with Crippen LogP contribution in [-0.4, -0.2) is 37.1 Å². The molecule has 0 atom stereocenters. The molecule has 0 bridgehead atoms. The molecule has 1 aromatic rings. The van der Waals surface area contributed by atoms with Crippen LogP contribution >= 0.6 is 0 Å². The molecule has 1 amide bonds. The Hall–Kier alpha value is -2.24. The van der Waals surface area contributed by atoms with E-state index in [-0.39, 0.29) is 18.0 Å². The molecule has 19 heavy (non-hydrogen) atoms. The fourth-order valence-electron chi connectivity index (χ4n) is 1.80. The molecule has 1 rings (SSSR count). The van der Waals surface area contributed by atoms with E-state index in [2.05, 4.69) is 5.32 Å². The van der Waals surface area contributed by atoms with Crippen molar-refractivity contribution in [3.8, 4) is 0 Å². The topological polar surface area (TPSA) is 95.7 Å². The molecule has 0 aliphatic rings. The zero-order chi connectivity index (χ0) is 14.4. The first-order valence-electron chi connectivity index (χ1n) is 6.08. The Labute approximate surface area is 112 Å². The molecule has 6 heteroatoms. The number of amides is 1. The van der Waals surface area contributed by atoms with Gasteiger partial charge in [0, 0.05) is 19.3 Å². The van der Waals surface area contributed by atoms with Crippen molar-refractivity contribution in [1.82, 2.24) is 5.32 Å². The number of carbonyl (C=O) groups excluding carboxylic acids is 1. The minimum atomic E-state index is -1.03. The lowest BCUT2D eigenvalue weighted by Crippen LogP contribution is -2.37. The van der Waals surface area contributed by atoms with Gasteiger partial charge in [0.05, 0.1) is 17.8 Å². The largest absolute Gasteiger partial charge is 0.478 e. The molecule has 0 unspecified atom stereocenters. The predicted octanol–water partition coefficient (Wildman–Crippen LogP) is 0.929. The van der Waals surface area contributed by atoms with Gasteiger partial charge in [-0.15, -0.1) is 0 Å². The van der Waals surface area contributed by atoms with Crippen LogP contribution in [-0.2, 0) is 4.79 Å². The van der Waals surface area contributed by atoms with E-state index in [0.717, 1.165) is 6.42 Å². The number of aromatic carboxylic acids is 1. The quantitative estimate of drug-likeness (QED) is 0.665. The molecule has 0 saturated carbocycles. The van der Waals surface area contributed by atoms with Crippen LogP contribution in [0.2, 0.25) is 0 Å². The number of nitrogens with one attached hydrogen (secondary N) is 1. The van der Waals surface area contributed by atoms with E-state index in [1.54, 1.807) is 18.0 Å². The Balaban J connectivity index is 3.16. The van der Waals surface area contributed by atoms with Gasteiger partial charge >= 0.3 is 5.97 Å². The van der Waals surface area contributed by atoms with Gasteiger partial charge in [-0.3, -0.25) is 4.79 Å². The van der Waals surface area contributed by atoms with Gasteiger partial charge in [-0.25, -0.2) is 4.79 Å². The minimum absolute atomic E-state index is 0.105. The van der Waals surface area contributed by atoms with Crippen molar-refractivity contribution in [3.05, 3.63) is 23.8 Å². The normalized spacial score (nSPS) is 10.0. The summed E-state index contributed by atoms with van der Waals surface area (Å²) >= 11 is 0. The average molecular weight is 265 g/mol. The lowest BCUT2D eigenvalue weighted by molar-refractivity contribution is -0.119. The van der Waals surface area contributed by atoms with Gasteiger partial charge in [-0.1, -0.05) is 6.92 Å². The van der Waals surface area contributed by atoms with Crippen LogP contribution in [0.3, 0.4) is 0 Å². The van der Waals surface area contributed by atoms with Crippen molar-refractivity contribution in [1.29, 1.82) is 0 Å². The van der Waals surface area contributed by atoms with Crippen molar-refractivity contribution >= 4 is 23.3 Å². The van der Waals surface area contributed by atoms with Crippen LogP contribution in [0.25, 0.3) is 0 Å². The summed E-state index contributed by atoms with van der Waals surface area (Å²) in [7, 11) is 1.55. The van der Waals surface area contributed by atoms with Crippen molar-refractivity contribution < 1.29 is 14.7 Å². The molecular weight excluding hydrogens is 246 g/mol. The van der Waals surface area contributed by atoms with E-state index in [9.17, 15) is 14.7 Å². The first kappa shape index (κ1) is 14.8. The van der Waals surface area contributed by atoms with Crippen LogP contribution in [0.5, 0.6) is 0 Å². The molecule has 0 aliphatic heterocycles. The lowest BCUT2D eigenvalue weighted by Gasteiger charge is -2.25. The highest BCUT2D eigenvalue weighted by atomic mass is 16.4. The van der Waals surface area contributed by atoms with Crippen LogP contribution in [0.15, 0.2) is 18.2 Å². The van der Waals surface area contributed by atoms with Gasteiger partial charge in [-0.2, -0.15) is 0 Å². The number of nitrogen functional groups attached to an aromatic ring is 1. The number of carbonyl (C=O) groups is 2. The van der Waals surface area contributed by atoms with Gasteiger partial charge in [-0.05, 0) is 24.6 Å². The minimum Gasteiger partial charge on any atom is -0.478 e. The number of benzene rings is 1. The zero-order valence-electron chi connectivity index (χ0n) is 11.1. The summed E-state index contributed by atoms with van der Waals surface area (Å²) in [4.78, 5) is 24.5. The number of nitrogens with zero attached hydrogens (tertiary/aromatic N) is 1. The van der Waals surface area contributed by atoms with Crippen molar-refractivity contribution in [2.24, 2.45) is 0 Å². The maximum absolute atomic E-state index is 11.5. The highest BCUT2D eigenvalue weighted by molar-refractivity contribution is 5.96. The van der Waals surface area contributed by atoms with E-state index in [4.69, 9.17) is 5.73 Å². The Bertz CT molecular complexity index is 474. The molecule has 0 fully saturated rings. The van der Waals surface area contributed by atoms with Crippen molar-refractivity contribution in [2.75, 3.05) is 30.8 Å². The summed E-state index contributed by atoms with van der Waals surface area (Å²) < 4.78 is 0. The van der Waals surface area contributed by atoms with Crippen molar-refractivity contribution in [3.63, 3.8) is 0 Å². The van der Waals surface area contributed by atoms with E-state index in [1.165, 1.54) is 12.1 Å². The molecule has 0 spiro atoms. The number of likely N-dealkylation sites (N-methyl/N-ethyl adjacent to an activating group) is 1. The zero-order valence-corrected chi connectivity index (χ0v) is 11.1. The number of hydrogen-bond donors (Lipinski definition) is 3. The molecule has 104 valence electrons. The molecule has 0 aromatic heterocycles. The summed E-state index contributed by atoms with van der Waals surface area (Å²) in [5.74, 6) is -1.21. The van der Waals surface area contributed by atoms with Gasteiger partial charge < -0.3 is 21.1 Å². The van der Waals surface area contributed by atoms with Gasteiger partial charge in [0.25, 0.3) is 0 Å². The first-order chi connectivity index (χ1) is 8.99. The van der Waals surface area contributed by atoms with E-state index in [1.807, 2.05) is 6.92 Å². The highest BCUT2D eigenvalue weighted by Gasteiger charge is 2.17. The molecule has 0 aliphatic carbocycles. The molecule has 0 heterocycles. The number of nitrogens with two attached hydrogens (primary N) is 1. The van der Waals surface area contributed by atoms with Crippen LogP contribution in [0, 0.1) is 0 Å². The third-order valence-electron chi connectivity index (χ3n) is 2.70. The fourth-order valence-corrected chi connectivity index (χ4v) is 1.80. The second kappa shape index (κ2) is 6.63. The van der Waals surface area contributed by atoms with Crippen LogP contribution in [0.1, 0.15) is 23.7 Å². The predicted molar refractivity (Wildman–Crippen MR) is 74.4 cm³/mol. The number of hydrogen-bond acceptors (Lipinski definition) is 4. The number of rotatable bonds is 6. The highest BCUT2D eigenvalue weighted by Crippen LogP contribution is 2.24. The summed E-state index contributed by atoms with van der Waals surface area (Å²) in [6, 6.07) is 4.58. The maximum Gasteiger partial charge on any atom is 0.337 e. The van der Waals surface area contributed by atoms with E-state index < -0.39 is 5.97 Å². The SMILES string of the molecule is CCCN(CC(=O)NC)c1cc(N)ccc1C(=O)O. The lowest BCUT2D eigenvalue weighted by atomic mass is 10.1. The Kier molecular flexibility index (Phi) is 5.17. The van der Waals surface area contributed by atoms with Gasteiger partial charge in [0.2, 0.25) is 5.91 Å². The Morgan fingerprint density at radius 1 is 1.42 bits per heavy atom. The van der Waals surface area contributed by atoms with Crippen LogP contribution < -0.4 is 16.0 Å². The number of carboxylic acids is 1. The first-order valence-corrected chi connectivity index (χ1v) is 6.08. The Morgan fingerprint density at radius 2 is 2.11 bits per heavy atom. The maximum atomic E-state index is 11.5. The standard InChI is InChI=1S/C13H19N3O3/c1-3-6-16(8-12(17)15-2)11-7-9(14)4-5-10(11)13(18)19/h4-5,7H,3,6,8,14H2,1-2H3,(H,15,17)(H,18,19). The molecule has 4 N–H and O–H groups in total. The summed E-state index contributed by atoms with van der Waals surface area (Å²) in [6.45, 7) is 2.65. The number of carboxylic acid groups (broad SMARTS) is 1. The third-order valence-corrected chi connectivity index (χ3v) is 2.70. The second-order valence-electron chi connectivity index (χ2n) is 4.18. The Morgan fingerprint density at radius 3 is 2.63 bits per heavy atom. The van der Waals surface area contributed by atoms with Gasteiger partial charge in [0.1, 0.15) is 0 Å². The fraction of sp³-hybridized carbons (Fsp3) is 0.385.